The van der Waals surface area contributed by atoms with E-state index in [1.807, 2.05) is 20.8 Å². The number of nitrogens with one attached hydrogen (secondary N) is 2. The Bertz CT molecular complexity index is 977. The lowest BCUT2D eigenvalue weighted by atomic mass is 9.87. The predicted molar refractivity (Wildman–Crippen MR) is 101 cm³/mol. The highest BCUT2D eigenvalue weighted by Gasteiger charge is 2.32. The van der Waals surface area contributed by atoms with Gasteiger partial charge in [0, 0.05) is 11.8 Å². The van der Waals surface area contributed by atoms with Crippen molar-refractivity contribution in [3.05, 3.63) is 68.6 Å². The second-order valence-corrected chi connectivity index (χ2v) is 7.74. The molecule has 0 saturated carbocycles. The molecular formula is C19H19ClF3N3O3. The number of benzene rings is 1. The molecule has 0 spiro atoms. The number of aromatic nitrogens is 1. The summed E-state index contributed by atoms with van der Waals surface area (Å²) in [5.41, 5.74) is 3.27. The Morgan fingerprint density at radius 1 is 1.03 bits per heavy atom. The number of alkyl halides is 3. The van der Waals surface area contributed by atoms with Crippen LogP contribution in [0.5, 0.6) is 0 Å². The average Bonchev–Trinajstić information content (AvgIpc) is 2.61. The molecule has 0 fully saturated rings. The molecular weight excluding hydrogens is 411 g/mol. The van der Waals surface area contributed by atoms with Crippen molar-refractivity contribution in [1.82, 2.24) is 15.4 Å². The van der Waals surface area contributed by atoms with E-state index in [9.17, 15) is 27.6 Å². The lowest BCUT2D eigenvalue weighted by Crippen LogP contribution is -2.44. The maximum Gasteiger partial charge on any atom is 0.417 e. The first-order valence-electron chi connectivity index (χ1n) is 8.46. The molecule has 0 saturated heterocycles. The maximum absolute atomic E-state index is 12.8. The Morgan fingerprint density at radius 3 is 2.14 bits per heavy atom. The minimum atomic E-state index is -4.73. The predicted octanol–water partition coefficient (Wildman–Crippen LogP) is 3.28. The summed E-state index contributed by atoms with van der Waals surface area (Å²) in [6.45, 7) is 5.30. The molecule has 156 valence electrons. The minimum Gasteiger partial charge on any atom is -0.304 e. The van der Waals surface area contributed by atoms with E-state index in [-0.39, 0.29) is 11.0 Å². The molecule has 2 N–H and O–H groups in total. The summed E-state index contributed by atoms with van der Waals surface area (Å²) in [7, 11) is 0. The molecule has 0 atom stereocenters. The van der Waals surface area contributed by atoms with Crippen molar-refractivity contribution >= 4 is 23.4 Å². The molecule has 0 aliphatic rings. The molecule has 10 heteroatoms. The highest BCUT2D eigenvalue weighted by molar-refractivity contribution is 6.30. The molecule has 0 radical (unpaired) electrons. The third-order valence-electron chi connectivity index (χ3n) is 4.01. The van der Waals surface area contributed by atoms with Crippen LogP contribution in [0, 0.1) is 0 Å². The average molecular weight is 430 g/mol. The third kappa shape index (κ3) is 5.83. The molecule has 29 heavy (non-hydrogen) atoms. The lowest BCUT2D eigenvalue weighted by Gasteiger charge is -2.19. The van der Waals surface area contributed by atoms with E-state index in [4.69, 9.17) is 11.6 Å². The zero-order valence-electron chi connectivity index (χ0n) is 15.9. The highest BCUT2D eigenvalue weighted by Crippen LogP contribution is 2.29. The van der Waals surface area contributed by atoms with Crippen LogP contribution >= 0.6 is 11.6 Å². The van der Waals surface area contributed by atoms with Gasteiger partial charge in [0.1, 0.15) is 11.6 Å². The number of nitrogens with zero attached hydrogens (tertiary/aromatic N) is 1. The van der Waals surface area contributed by atoms with Gasteiger partial charge in [-0.2, -0.15) is 13.2 Å². The van der Waals surface area contributed by atoms with Crippen molar-refractivity contribution in [2.24, 2.45) is 0 Å². The van der Waals surface area contributed by atoms with Crippen molar-refractivity contribution in [1.29, 1.82) is 0 Å². The van der Waals surface area contributed by atoms with Crippen LogP contribution in [0.15, 0.2) is 41.3 Å². The number of hydrazine groups is 1. The molecule has 2 rings (SSSR count). The summed E-state index contributed by atoms with van der Waals surface area (Å²) < 4.78 is 39.0. The molecule has 6 nitrogen and oxygen atoms in total. The van der Waals surface area contributed by atoms with Crippen molar-refractivity contribution in [2.75, 3.05) is 0 Å². The second-order valence-electron chi connectivity index (χ2n) is 7.34. The second kappa shape index (κ2) is 8.28. The van der Waals surface area contributed by atoms with Crippen LogP contribution < -0.4 is 16.4 Å². The molecule has 0 aliphatic carbocycles. The number of carbonyl (C=O) groups is 2. The smallest absolute Gasteiger partial charge is 0.304 e. The summed E-state index contributed by atoms with van der Waals surface area (Å²) >= 11 is 5.53. The van der Waals surface area contributed by atoms with Gasteiger partial charge in [-0.15, -0.1) is 0 Å². The van der Waals surface area contributed by atoms with Gasteiger partial charge in [0.25, 0.3) is 17.4 Å². The van der Waals surface area contributed by atoms with Crippen LogP contribution in [-0.2, 0) is 22.9 Å². The molecule has 0 aliphatic heterocycles. The zero-order chi connectivity index (χ0) is 22.0. The van der Waals surface area contributed by atoms with E-state index in [1.165, 1.54) is 0 Å². The number of halogens is 4. The van der Waals surface area contributed by atoms with E-state index in [0.29, 0.717) is 16.8 Å². The fourth-order valence-electron chi connectivity index (χ4n) is 2.39. The Balaban J connectivity index is 2.04. The molecule has 1 heterocycles. The number of rotatable bonds is 3. The van der Waals surface area contributed by atoms with Gasteiger partial charge in [0.05, 0.1) is 5.56 Å². The first kappa shape index (κ1) is 22.5. The Morgan fingerprint density at radius 2 is 1.62 bits per heavy atom. The summed E-state index contributed by atoms with van der Waals surface area (Å²) in [4.78, 5) is 35.9. The number of hydrogen-bond donors (Lipinski definition) is 2. The Hall–Kier alpha value is -2.81. The van der Waals surface area contributed by atoms with Crippen LogP contribution in [-0.4, -0.2) is 16.4 Å². The topological polar surface area (TPSA) is 80.2 Å². The van der Waals surface area contributed by atoms with Gasteiger partial charge in [0.2, 0.25) is 0 Å². The Labute approximate surface area is 169 Å². The van der Waals surface area contributed by atoms with Crippen LogP contribution in [0.3, 0.4) is 0 Å². The molecule has 1 aromatic heterocycles. The van der Waals surface area contributed by atoms with Crippen LogP contribution in [0.2, 0.25) is 5.02 Å². The zero-order valence-corrected chi connectivity index (χ0v) is 16.6. The third-order valence-corrected chi connectivity index (χ3v) is 4.28. The van der Waals surface area contributed by atoms with Crippen molar-refractivity contribution in [3.63, 3.8) is 0 Å². The summed E-state index contributed by atoms with van der Waals surface area (Å²) in [6, 6.07) is 7.21. The van der Waals surface area contributed by atoms with Gasteiger partial charge in [-0.05, 0) is 29.2 Å². The summed E-state index contributed by atoms with van der Waals surface area (Å²) in [5, 5.41) is -0.671. The van der Waals surface area contributed by atoms with Gasteiger partial charge < -0.3 is 4.57 Å². The van der Waals surface area contributed by atoms with Crippen molar-refractivity contribution in [2.45, 2.75) is 38.9 Å². The van der Waals surface area contributed by atoms with Gasteiger partial charge in [0.15, 0.2) is 0 Å². The van der Waals surface area contributed by atoms with E-state index in [1.54, 1.807) is 24.3 Å². The van der Waals surface area contributed by atoms with Gasteiger partial charge >= 0.3 is 6.18 Å². The largest absolute Gasteiger partial charge is 0.417 e. The molecule has 2 aromatic rings. The number of amides is 2. The summed E-state index contributed by atoms with van der Waals surface area (Å²) in [5.74, 6) is -1.52. The quantitative estimate of drug-likeness (QED) is 0.735. The fourth-order valence-corrected chi connectivity index (χ4v) is 2.61. The normalized spacial score (nSPS) is 11.8. The van der Waals surface area contributed by atoms with Crippen LogP contribution in [0.1, 0.15) is 42.3 Å². The molecule has 2 amide bonds. The van der Waals surface area contributed by atoms with Gasteiger partial charge in [-0.3, -0.25) is 25.2 Å². The minimum absolute atomic E-state index is 0.0945. The number of hydrogen-bond acceptors (Lipinski definition) is 3. The first-order chi connectivity index (χ1) is 13.3. The summed E-state index contributed by atoms with van der Waals surface area (Å²) in [6.07, 6.45) is -4.25. The SMILES string of the molecule is CC(C)(C)c1ccc(C(=O)NNC(=O)Cn2cc(C(F)(F)F)cc(Cl)c2=O)cc1. The van der Waals surface area contributed by atoms with E-state index in [2.05, 4.69) is 10.9 Å². The maximum atomic E-state index is 12.8. The van der Waals surface area contributed by atoms with Crippen molar-refractivity contribution < 1.29 is 22.8 Å². The molecule has 0 unspecified atom stereocenters. The fraction of sp³-hybridized carbons (Fsp3) is 0.316. The number of carbonyl (C=O) groups excluding carboxylic acids is 2. The van der Waals surface area contributed by atoms with E-state index in [0.717, 1.165) is 5.56 Å². The van der Waals surface area contributed by atoms with E-state index < -0.39 is 40.7 Å². The molecule has 1 aromatic carbocycles. The van der Waals surface area contributed by atoms with Crippen LogP contribution in [0.25, 0.3) is 0 Å². The van der Waals surface area contributed by atoms with Crippen LogP contribution in [0.4, 0.5) is 13.2 Å². The number of pyridine rings is 1. The highest BCUT2D eigenvalue weighted by atomic mass is 35.5. The van der Waals surface area contributed by atoms with Gasteiger partial charge in [-0.25, -0.2) is 0 Å². The molecule has 0 bridgehead atoms. The monoisotopic (exact) mass is 429 g/mol. The lowest BCUT2D eigenvalue weighted by molar-refractivity contribution is -0.138. The van der Waals surface area contributed by atoms with Gasteiger partial charge in [-0.1, -0.05) is 44.5 Å². The Kier molecular flexibility index (Phi) is 6.42. The first-order valence-corrected chi connectivity index (χ1v) is 8.84. The van der Waals surface area contributed by atoms with E-state index >= 15 is 0 Å². The van der Waals surface area contributed by atoms with Crippen molar-refractivity contribution in [3.8, 4) is 0 Å². The standard InChI is InChI=1S/C19H19ClF3N3O3/c1-18(2,3)12-6-4-11(5-7-12)16(28)25-24-15(27)10-26-9-13(19(21,22)23)8-14(20)17(26)29/h4-9H,10H2,1-3H3,(H,24,27)(H,25,28).